The van der Waals surface area contributed by atoms with Gasteiger partial charge in [0.15, 0.2) is 0 Å². The monoisotopic (exact) mass is 284 g/mol. The van der Waals surface area contributed by atoms with E-state index in [1.165, 1.54) is 25.7 Å². The second-order valence-electron chi connectivity index (χ2n) is 4.27. The van der Waals surface area contributed by atoms with Gasteiger partial charge >= 0.3 is 0 Å². The first-order valence-corrected chi connectivity index (χ1v) is 6.97. The molecular formula is C14H21BrO. The molecule has 0 amide bonds. The van der Waals surface area contributed by atoms with Gasteiger partial charge in [-0.2, -0.15) is 0 Å². The van der Waals surface area contributed by atoms with E-state index in [0.29, 0.717) is 0 Å². The van der Waals surface area contributed by atoms with Crippen LogP contribution in [0.4, 0.5) is 0 Å². The van der Waals surface area contributed by atoms with Crippen LogP contribution in [0.1, 0.15) is 57.1 Å². The van der Waals surface area contributed by atoms with Gasteiger partial charge in [-0.3, -0.25) is 0 Å². The second-order valence-corrected chi connectivity index (χ2v) is 5.19. The predicted octanol–water partition coefficient (Wildman–Crippen LogP) is 4.84. The molecule has 0 bridgehead atoms. The summed E-state index contributed by atoms with van der Waals surface area (Å²) in [5.74, 6) is 0. The second kappa shape index (κ2) is 7.86. The molecule has 0 aliphatic rings. The number of aliphatic hydroxyl groups excluding tert-OH is 1. The lowest BCUT2D eigenvalue weighted by Crippen LogP contribution is -1.97. The molecular weight excluding hydrogens is 264 g/mol. The van der Waals surface area contributed by atoms with Gasteiger partial charge < -0.3 is 5.11 Å². The molecule has 0 saturated carbocycles. The number of rotatable bonds is 7. The third kappa shape index (κ3) is 5.13. The zero-order chi connectivity index (χ0) is 11.8. The van der Waals surface area contributed by atoms with Crippen molar-refractivity contribution in [3.63, 3.8) is 0 Å². The Balaban J connectivity index is 2.27. The third-order valence-corrected chi connectivity index (χ3v) is 3.31. The normalized spacial score (nSPS) is 12.7. The standard InChI is InChI=1S/C14H21BrO/c1-2-3-4-5-6-10-14(16)12-8-7-9-13(15)11-12/h7-9,11,14,16H,2-6,10H2,1H3. The van der Waals surface area contributed by atoms with E-state index in [9.17, 15) is 5.11 Å². The number of hydrogen-bond donors (Lipinski definition) is 1. The fraction of sp³-hybridized carbons (Fsp3) is 0.571. The molecule has 1 aromatic rings. The van der Waals surface area contributed by atoms with Crippen LogP contribution in [-0.2, 0) is 0 Å². The first kappa shape index (κ1) is 13.7. The zero-order valence-electron chi connectivity index (χ0n) is 9.95. The molecule has 0 heterocycles. The number of hydrogen-bond acceptors (Lipinski definition) is 1. The van der Waals surface area contributed by atoms with E-state index in [1.807, 2.05) is 24.3 Å². The summed E-state index contributed by atoms with van der Waals surface area (Å²) in [4.78, 5) is 0. The number of halogens is 1. The molecule has 1 rings (SSSR count). The van der Waals surface area contributed by atoms with E-state index in [-0.39, 0.29) is 6.10 Å². The summed E-state index contributed by atoms with van der Waals surface area (Å²) in [5.41, 5.74) is 1.02. The SMILES string of the molecule is CCCCCCCC(O)c1cccc(Br)c1. The Morgan fingerprint density at radius 3 is 2.62 bits per heavy atom. The Bertz CT molecular complexity index is 299. The Hall–Kier alpha value is -0.340. The van der Waals surface area contributed by atoms with Gasteiger partial charge in [0.25, 0.3) is 0 Å². The van der Waals surface area contributed by atoms with Crippen LogP contribution in [0, 0.1) is 0 Å². The molecule has 1 nitrogen and oxygen atoms in total. The summed E-state index contributed by atoms with van der Waals surface area (Å²) in [7, 11) is 0. The van der Waals surface area contributed by atoms with Crippen LogP contribution in [0.3, 0.4) is 0 Å². The van der Waals surface area contributed by atoms with Crippen LogP contribution in [0.15, 0.2) is 28.7 Å². The summed E-state index contributed by atoms with van der Waals surface area (Å²) in [6.07, 6.45) is 6.80. The lowest BCUT2D eigenvalue weighted by atomic mass is 10.0. The molecule has 0 saturated heterocycles. The Kier molecular flexibility index (Phi) is 6.74. The summed E-state index contributed by atoms with van der Waals surface area (Å²) >= 11 is 3.42. The third-order valence-electron chi connectivity index (χ3n) is 2.81. The molecule has 0 aliphatic heterocycles. The molecule has 0 aliphatic carbocycles. The minimum absolute atomic E-state index is 0.306. The largest absolute Gasteiger partial charge is 0.388 e. The van der Waals surface area contributed by atoms with E-state index in [0.717, 1.165) is 22.9 Å². The van der Waals surface area contributed by atoms with E-state index in [2.05, 4.69) is 22.9 Å². The minimum Gasteiger partial charge on any atom is -0.388 e. The van der Waals surface area contributed by atoms with Crippen molar-refractivity contribution >= 4 is 15.9 Å². The van der Waals surface area contributed by atoms with Crippen LogP contribution >= 0.6 is 15.9 Å². The average molecular weight is 285 g/mol. The molecule has 1 unspecified atom stereocenters. The molecule has 0 radical (unpaired) electrons. The van der Waals surface area contributed by atoms with Crippen LogP contribution < -0.4 is 0 Å². The fourth-order valence-electron chi connectivity index (χ4n) is 1.82. The number of aliphatic hydroxyl groups is 1. The molecule has 1 N–H and O–H groups in total. The van der Waals surface area contributed by atoms with Gasteiger partial charge in [0.1, 0.15) is 0 Å². The lowest BCUT2D eigenvalue weighted by molar-refractivity contribution is 0.163. The maximum absolute atomic E-state index is 9.98. The summed E-state index contributed by atoms with van der Waals surface area (Å²) in [5, 5.41) is 9.98. The van der Waals surface area contributed by atoms with Gasteiger partial charge in [-0.15, -0.1) is 0 Å². The molecule has 90 valence electrons. The van der Waals surface area contributed by atoms with Crippen molar-refractivity contribution in [2.75, 3.05) is 0 Å². The van der Waals surface area contributed by atoms with Crippen molar-refractivity contribution in [2.24, 2.45) is 0 Å². The van der Waals surface area contributed by atoms with Crippen molar-refractivity contribution in [1.29, 1.82) is 0 Å². The molecule has 0 aromatic heterocycles. The molecule has 2 heteroatoms. The molecule has 16 heavy (non-hydrogen) atoms. The molecule has 1 atom stereocenters. The lowest BCUT2D eigenvalue weighted by Gasteiger charge is -2.11. The van der Waals surface area contributed by atoms with Gasteiger partial charge in [0.05, 0.1) is 6.10 Å². The first-order valence-electron chi connectivity index (χ1n) is 6.17. The highest BCUT2D eigenvalue weighted by Crippen LogP contribution is 2.22. The zero-order valence-corrected chi connectivity index (χ0v) is 11.5. The van der Waals surface area contributed by atoms with E-state index in [4.69, 9.17) is 0 Å². The van der Waals surface area contributed by atoms with Crippen LogP contribution in [-0.4, -0.2) is 5.11 Å². The van der Waals surface area contributed by atoms with Crippen molar-refractivity contribution in [3.05, 3.63) is 34.3 Å². The van der Waals surface area contributed by atoms with Crippen molar-refractivity contribution in [1.82, 2.24) is 0 Å². The topological polar surface area (TPSA) is 20.2 Å². The highest BCUT2D eigenvalue weighted by Gasteiger charge is 2.06. The predicted molar refractivity (Wildman–Crippen MR) is 72.5 cm³/mol. The smallest absolute Gasteiger partial charge is 0.0790 e. The molecule has 1 aromatic carbocycles. The Morgan fingerprint density at radius 2 is 1.94 bits per heavy atom. The highest BCUT2D eigenvalue weighted by molar-refractivity contribution is 9.10. The van der Waals surface area contributed by atoms with Crippen LogP contribution in [0.25, 0.3) is 0 Å². The fourth-order valence-corrected chi connectivity index (χ4v) is 2.24. The average Bonchev–Trinajstić information content (AvgIpc) is 2.28. The first-order chi connectivity index (χ1) is 7.74. The van der Waals surface area contributed by atoms with Gasteiger partial charge in [0, 0.05) is 4.47 Å². The Labute approximate surface area is 107 Å². The number of unbranched alkanes of at least 4 members (excludes halogenated alkanes) is 4. The summed E-state index contributed by atoms with van der Waals surface area (Å²) < 4.78 is 1.04. The van der Waals surface area contributed by atoms with Gasteiger partial charge in [-0.1, -0.05) is 67.1 Å². The van der Waals surface area contributed by atoms with Gasteiger partial charge in [-0.05, 0) is 24.1 Å². The van der Waals surface area contributed by atoms with E-state index >= 15 is 0 Å². The molecule has 0 fully saturated rings. The van der Waals surface area contributed by atoms with Crippen molar-refractivity contribution < 1.29 is 5.11 Å². The van der Waals surface area contributed by atoms with Crippen molar-refractivity contribution in [2.45, 2.75) is 51.6 Å². The maximum Gasteiger partial charge on any atom is 0.0790 e. The quantitative estimate of drug-likeness (QED) is 0.710. The van der Waals surface area contributed by atoms with E-state index in [1.54, 1.807) is 0 Å². The van der Waals surface area contributed by atoms with Gasteiger partial charge in [0.2, 0.25) is 0 Å². The van der Waals surface area contributed by atoms with E-state index < -0.39 is 0 Å². The van der Waals surface area contributed by atoms with Crippen molar-refractivity contribution in [3.8, 4) is 0 Å². The minimum atomic E-state index is -0.306. The van der Waals surface area contributed by atoms with Crippen LogP contribution in [0.5, 0.6) is 0 Å². The Morgan fingerprint density at radius 1 is 1.19 bits per heavy atom. The van der Waals surface area contributed by atoms with Gasteiger partial charge in [-0.25, -0.2) is 0 Å². The van der Waals surface area contributed by atoms with Crippen LogP contribution in [0.2, 0.25) is 0 Å². The highest BCUT2D eigenvalue weighted by atomic mass is 79.9. The summed E-state index contributed by atoms with van der Waals surface area (Å²) in [6.45, 7) is 2.22. The molecule has 0 spiro atoms. The maximum atomic E-state index is 9.98. The number of benzene rings is 1. The summed E-state index contributed by atoms with van der Waals surface area (Å²) in [6, 6.07) is 7.94.